The van der Waals surface area contributed by atoms with Crippen LogP contribution >= 0.6 is 0 Å². The van der Waals surface area contributed by atoms with Crippen LogP contribution in [0.15, 0.2) is 24.5 Å². The van der Waals surface area contributed by atoms with Gasteiger partial charge in [-0.25, -0.2) is 0 Å². The highest BCUT2D eigenvalue weighted by molar-refractivity contribution is 5.08. The molecule has 78 valence electrons. The molecule has 4 heteroatoms. The van der Waals surface area contributed by atoms with Crippen LogP contribution in [0, 0.1) is 0 Å². The molecule has 4 nitrogen and oxygen atoms in total. The van der Waals surface area contributed by atoms with Gasteiger partial charge in [0.2, 0.25) is 0 Å². The van der Waals surface area contributed by atoms with Crippen molar-refractivity contribution in [1.29, 1.82) is 0 Å². The summed E-state index contributed by atoms with van der Waals surface area (Å²) in [5.41, 5.74) is 1.21. The molecular weight excluding hydrogens is 180 g/mol. The van der Waals surface area contributed by atoms with Gasteiger partial charge in [-0.1, -0.05) is 0 Å². The van der Waals surface area contributed by atoms with Gasteiger partial charge in [0.1, 0.15) is 0 Å². The third kappa shape index (κ3) is 4.91. The number of aliphatic hydroxyl groups excluding tert-OH is 1. The van der Waals surface area contributed by atoms with Gasteiger partial charge in [-0.2, -0.15) is 0 Å². The Morgan fingerprint density at radius 2 is 2.07 bits per heavy atom. The second kappa shape index (κ2) is 7.44. The van der Waals surface area contributed by atoms with E-state index in [9.17, 15) is 0 Å². The fraction of sp³-hybridized carbons (Fsp3) is 0.500. The minimum Gasteiger partial charge on any atom is -0.394 e. The van der Waals surface area contributed by atoms with E-state index >= 15 is 0 Å². The number of ether oxygens (including phenoxy) is 1. The molecule has 0 unspecified atom stereocenters. The lowest BCUT2D eigenvalue weighted by Gasteiger charge is -2.04. The summed E-state index contributed by atoms with van der Waals surface area (Å²) in [7, 11) is 0. The van der Waals surface area contributed by atoms with Crippen LogP contribution in [0.4, 0.5) is 0 Å². The Hall–Kier alpha value is -0.970. The normalized spacial score (nSPS) is 10.4. The van der Waals surface area contributed by atoms with Crippen LogP contribution in [0.5, 0.6) is 0 Å². The number of hydrogen-bond donors (Lipinski definition) is 2. The average molecular weight is 196 g/mol. The minimum atomic E-state index is 0.0877. The van der Waals surface area contributed by atoms with Crippen LogP contribution in [0.1, 0.15) is 5.56 Å². The summed E-state index contributed by atoms with van der Waals surface area (Å²) >= 11 is 0. The van der Waals surface area contributed by atoms with Gasteiger partial charge in [0.25, 0.3) is 0 Å². The van der Waals surface area contributed by atoms with E-state index in [-0.39, 0.29) is 6.61 Å². The zero-order chi connectivity index (χ0) is 10.1. The quantitative estimate of drug-likeness (QED) is 0.611. The monoisotopic (exact) mass is 196 g/mol. The molecule has 0 radical (unpaired) electrons. The Balaban J connectivity index is 1.99. The van der Waals surface area contributed by atoms with Crippen LogP contribution in [-0.4, -0.2) is 36.5 Å². The molecule has 14 heavy (non-hydrogen) atoms. The van der Waals surface area contributed by atoms with Gasteiger partial charge in [-0.05, 0) is 17.7 Å². The van der Waals surface area contributed by atoms with Crippen molar-refractivity contribution in [3.8, 4) is 0 Å². The Morgan fingerprint density at radius 3 is 2.79 bits per heavy atom. The highest BCUT2D eigenvalue weighted by Gasteiger charge is 1.90. The number of nitrogens with zero attached hydrogens (tertiary/aromatic N) is 1. The first-order valence-electron chi connectivity index (χ1n) is 4.71. The van der Waals surface area contributed by atoms with Gasteiger partial charge in [0.05, 0.1) is 19.8 Å². The fourth-order valence-electron chi connectivity index (χ4n) is 1.04. The molecule has 0 bridgehead atoms. The number of hydrogen-bond acceptors (Lipinski definition) is 4. The van der Waals surface area contributed by atoms with E-state index in [1.807, 2.05) is 12.1 Å². The van der Waals surface area contributed by atoms with Crippen LogP contribution in [0.2, 0.25) is 0 Å². The fourth-order valence-corrected chi connectivity index (χ4v) is 1.04. The largest absolute Gasteiger partial charge is 0.394 e. The van der Waals surface area contributed by atoms with Crippen molar-refractivity contribution < 1.29 is 9.84 Å². The lowest BCUT2D eigenvalue weighted by Crippen LogP contribution is -2.19. The van der Waals surface area contributed by atoms with Crippen molar-refractivity contribution in [3.63, 3.8) is 0 Å². The zero-order valence-corrected chi connectivity index (χ0v) is 8.15. The maximum atomic E-state index is 8.45. The third-order valence-electron chi connectivity index (χ3n) is 1.74. The Bertz CT molecular complexity index is 229. The molecule has 0 spiro atoms. The van der Waals surface area contributed by atoms with Crippen LogP contribution in [0.25, 0.3) is 0 Å². The van der Waals surface area contributed by atoms with E-state index in [4.69, 9.17) is 9.84 Å². The molecule has 2 N–H and O–H groups in total. The van der Waals surface area contributed by atoms with Crippen molar-refractivity contribution in [1.82, 2.24) is 10.3 Å². The van der Waals surface area contributed by atoms with Gasteiger partial charge >= 0.3 is 0 Å². The van der Waals surface area contributed by atoms with Crippen molar-refractivity contribution >= 4 is 0 Å². The lowest BCUT2D eigenvalue weighted by atomic mass is 10.3. The smallest absolute Gasteiger partial charge is 0.0698 e. The van der Waals surface area contributed by atoms with Gasteiger partial charge in [-0.15, -0.1) is 0 Å². The molecule has 0 fully saturated rings. The van der Waals surface area contributed by atoms with Crippen LogP contribution < -0.4 is 5.32 Å². The predicted octanol–water partition coefficient (Wildman–Crippen LogP) is 0.180. The Morgan fingerprint density at radius 1 is 1.29 bits per heavy atom. The highest BCUT2D eigenvalue weighted by Crippen LogP contribution is 1.93. The first-order chi connectivity index (χ1) is 6.93. The molecule has 0 saturated heterocycles. The topological polar surface area (TPSA) is 54.4 Å². The molecule has 1 aromatic heterocycles. The van der Waals surface area contributed by atoms with E-state index in [2.05, 4.69) is 10.3 Å². The number of rotatable bonds is 7. The van der Waals surface area contributed by atoms with Crippen LogP contribution in [-0.2, 0) is 11.3 Å². The first-order valence-corrected chi connectivity index (χ1v) is 4.71. The number of pyridine rings is 1. The summed E-state index contributed by atoms with van der Waals surface area (Å²) in [5.74, 6) is 0. The molecule has 0 amide bonds. The second-order valence-electron chi connectivity index (χ2n) is 2.87. The van der Waals surface area contributed by atoms with E-state index in [0.717, 1.165) is 13.1 Å². The highest BCUT2D eigenvalue weighted by atomic mass is 16.5. The summed E-state index contributed by atoms with van der Waals surface area (Å²) in [6.07, 6.45) is 3.55. The number of aliphatic hydroxyl groups is 1. The van der Waals surface area contributed by atoms with Gasteiger partial charge < -0.3 is 15.2 Å². The molecule has 0 aliphatic carbocycles. The standard InChI is InChI=1S/C10H16N2O2/c13-6-8-14-7-5-12-9-10-1-3-11-4-2-10/h1-4,12-13H,5-9H2. The van der Waals surface area contributed by atoms with Crippen LogP contribution in [0.3, 0.4) is 0 Å². The average Bonchev–Trinajstić information content (AvgIpc) is 2.25. The minimum absolute atomic E-state index is 0.0877. The van der Waals surface area contributed by atoms with Crippen molar-refractivity contribution in [2.45, 2.75) is 6.54 Å². The molecular formula is C10H16N2O2. The molecule has 1 rings (SSSR count). The summed E-state index contributed by atoms with van der Waals surface area (Å²) in [4.78, 5) is 3.93. The predicted molar refractivity (Wildman–Crippen MR) is 53.8 cm³/mol. The molecule has 0 atom stereocenters. The van der Waals surface area contributed by atoms with E-state index in [1.165, 1.54) is 5.56 Å². The van der Waals surface area contributed by atoms with Gasteiger partial charge in [0.15, 0.2) is 0 Å². The number of nitrogens with one attached hydrogen (secondary N) is 1. The molecule has 0 aliphatic rings. The third-order valence-corrected chi connectivity index (χ3v) is 1.74. The Labute approximate surface area is 83.9 Å². The van der Waals surface area contributed by atoms with E-state index in [1.54, 1.807) is 12.4 Å². The molecule has 0 aromatic carbocycles. The Kier molecular flexibility index (Phi) is 5.90. The van der Waals surface area contributed by atoms with E-state index < -0.39 is 0 Å². The zero-order valence-electron chi connectivity index (χ0n) is 8.15. The second-order valence-corrected chi connectivity index (χ2v) is 2.87. The van der Waals surface area contributed by atoms with Gasteiger partial charge in [-0.3, -0.25) is 4.98 Å². The van der Waals surface area contributed by atoms with E-state index in [0.29, 0.717) is 13.2 Å². The SMILES string of the molecule is OCCOCCNCc1ccncc1. The van der Waals surface area contributed by atoms with Crippen molar-refractivity contribution in [2.24, 2.45) is 0 Å². The first kappa shape index (κ1) is 11.1. The van der Waals surface area contributed by atoms with Crippen molar-refractivity contribution in [3.05, 3.63) is 30.1 Å². The molecule has 0 saturated carbocycles. The number of aromatic nitrogens is 1. The summed E-state index contributed by atoms with van der Waals surface area (Å²) in [6.45, 7) is 2.75. The molecule has 1 aromatic rings. The van der Waals surface area contributed by atoms with Crippen molar-refractivity contribution in [2.75, 3.05) is 26.4 Å². The maximum Gasteiger partial charge on any atom is 0.0698 e. The maximum absolute atomic E-state index is 8.45. The van der Waals surface area contributed by atoms with Gasteiger partial charge in [0, 0.05) is 25.5 Å². The summed E-state index contributed by atoms with van der Waals surface area (Å²) in [6, 6.07) is 3.95. The lowest BCUT2D eigenvalue weighted by molar-refractivity contribution is 0.0938. The summed E-state index contributed by atoms with van der Waals surface area (Å²) in [5, 5.41) is 11.7. The molecule has 1 heterocycles. The molecule has 0 aliphatic heterocycles. The summed E-state index contributed by atoms with van der Waals surface area (Å²) < 4.78 is 5.10.